The molecule has 0 spiro atoms. The monoisotopic (exact) mass is 477 g/mol. The second kappa shape index (κ2) is 9.88. The number of nitrogens with zero attached hydrogens (tertiary/aromatic N) is 2. The van der Waals surface area contributed by atoms with Crippen molar-refractivity contribution in [1.29, 1.82) is 0 Å². The third-order valence-electron chi connectivity index (χ3n) is 5.14. The summed E-state index contributed by atoms with van der Waals surface area (Å²) in [6, 6.07) is 13.3. The Hall–Kier alpha value is -3.98. The van der Waals surface area contributed by atoms with E-state index in [2.05, 4.69) is 10.3 Å². The smallest absolute Gasteiger partial charge is 0.338 e. The number of carbonyl (C=O) groups excluding carboxylic acids is 2. The molecule has 0 radical (unpaired) electrons. The summed E-state index contributed by atoms with van der Waals surface area (Å²) in [6.07, 6.45) is 1.72. The minimum Gasteiger partial charge on any atom is -0.484 e. The van der Waals surface area contributed by atoms with Crippen LogP contribution in [0.15, 0.2) is 59.5 Å². The first-order chi connectivity index (χ1) is 16.3. The van der Waals surface area contributed by atoms with E-state index in [1.807, 2.05) is 39.0 Å². The van der Waals surface area contributed by atoms with Gasteiger partial charge in [-0.05, 0) is 68.3 Å². The van der Waals surface area contributed by atoms with Gasteiger partial charge in [-0.25, -0.2) is 9.78 Å². The number of thiazole rings is 1. The molecular weight excluding hydrogens is 454 g/mol. The number of ether oxygens (including phenoxy) is 2. The third-order valence-corrected chi connectivity index (χ3v) is 6.04. The highest BCUT2D eigenvalue weighted by molar-refractivity contribution is 7.16. The van der Waals surface area contributed by atoms with Crippen LogP contribution < -0.4 is 15.6 Å². The number of hydrogen-bond donors (Lipinski definition) is 1. The predicted molar refractivity (Wildman–Crippen MR) is 130 cm³/mol. The number of amides is 1. The average Bonchev–Trinajstić information content (AvgIpc) is 3.19. The van der Waals surface area contributed by atoms with E-state index in [4.69, 9.17) is 9.47 Å². The van der Waals surface area contributed by atoms with Crippen molar-refractivity contribution < 1.29 is 19.1 Å². The predicted octanol–water partition coefficient (Wildman–Crippen LogP) is 4.06. The van der Waals surface area contributed by atoms with Crippen molar-refractivity contribution in [3.8, 4) is 5.75 Å². The fraction of sp³-hybridized carbons (Fsp3) is 0.200. The first kappa shape index (κ1) is 23.2. The number of benzene rings is 2. The van der Waals surface area contributed by atoms with Crippen LogP contribution in [0.1, 0.15) is 32.1 Å². The lowest BCUT2D eigenvalue weighted by atomic mass is 10.1. The maximum atomic E-state index is 12.4. The molecule has 8 nitrogen and oxygen atoms in total. The summed E-state index contributed by atoms with van der Waals surface area (Å²) in [5.41, 5.74) is 3.24. The number of esters is 1. The van der Waals surface area contributed by atoms with Crippen LogP contribution in [-0.2, 0) is 16.1 Å². The van der Waals surface area contributed by atoms with E-state index in [1.165, 1.54) is 21.8 Å². The Morgan fingerprint density at radius 3 is 2.53 bits per heavy atom. The van der Waals surface area contributed by atoms with Gasteiger partial charge in [0.25, 0.3) is 11.5 Å². The van der Waals surface area contributed by atoms with Crippen molar-refractivity contribution in [2.24, 2.45) is 0 Å². The summed E-state index contributed by atoms with van der Waals surface area (Å²) < 4.78 is 12.3. The Balaban J connectivity index is 1.30. The van der Waals surface area contributed by atoms with E-state index >= 15 is 0 Å². The van der Waals surface area contributed by atoms with Crippen LogP contribution in [0, 0.1) is 20.8 Å². The number of fused-ring (bicyclic) bond motifs is 1. The summed E-state index contributed by atoms with van der Waals surface area (Å²) in [5.74, 6) is -0.243. The van der Waals surface area contributed by atoms with Crippen molar-refractivity contribution in [2.45, 2.75) is 27.4 Å². The van der Waals surface area contributed by atoms with Crippen LogP contribution in [0.25, 0.3) is 4.96 Å². The standard InChI is InChI=1S/C25H23N3O5S/c1-15-4-9-21(10-16(15)2)32-14-22(29)26-19-7-5-18(6-8-19)24(31)33-13-20-11-23(30)28-12-17(3)34-25(28)27-20/h4-12H,13-14H2,1-3H3,(H,26,29). The van der Waals surface area contributed by atoms with E-state index in [0.717, 1.165) is 16.0 Å². The van der Waals surface area contributed by atoms with Crippen molar-refractivity contribution in [3.05, 3.63) is 92.3 Å². The van der Waals surface area contributed by atoms with Gasteiger partial charge in [0.05, 0.1) is 11.3 Å². The Morgan fingerprint density at radius 2 is 1.79 bits per heavy atom. The normalized spacial score (nSPS) is 10.8. The highest BCUT2D eigenvalue weighted by Crippen LogP contribution is 2.17. The Labute approximate surface area is 199 Å². The van der Waals surface area contributed by atoms with E-state index in [1.54, 1.807) is 30.5 Å². The molecule has 0 saturated carbocycles. The molecule has 0 fully saturated rings. The molecule has 0 unspecified atom stereocenters. The quantitative estimate of drug-likeness (QED) is 0.403. The molecule has 1 amide bonds. The largest absolute Gasteiger partial charge is 0.484 e. The van der Waals surface area contributed by atoms with Crippen molar-refractivity contribution in [1.82, 2.24) is 9.38 Å². The SMILES string of the molecule is Cc1cn2c(=O)cc(COC(=O)c3ccc(NC(=O)COc4ccc(C)c(C)c4)cc3)nc2s1. The molecule has 34 heavy (non-hydrogen) atoms. The molecule has 0 aliphatic heterocycles. The van der Waals surface area contributed by atoms with E-state index < -0.39 is 5.97 Å². The fourth-order valence-electron chi connectivity index (χ4n) is 3.19. The molecule has 2 heterocycles. The Morgan fingerprint density at radius 1 is 1.03 bits per heavy atom. The van der Waals surface area contributed by atoms with Gasteiger partial charge < -0.3 is 14.8 Å². The molecule has 4 rings (SSSR count). The summed E-state index contributed by atoms with van der Waals surface area (Å²) in [5, 5.41) is 2.73. The van der Waals surface area contributed by atoms with Gasteiger partial charge in [0.2, 0.25) is 0 Å². The molecule has 2 aromatic heterocycles. The molecule has 4 aromatic rings. The summed E-state index contributed by atoms with van der Waals surface area (Å²) in [6.45, 7) is 5.63. The minimum absolute atomic E-state index is 0.115. The number of anilines is 1. The van der Waals surface area contributed by atoms with Crippen LogP contribution in [0.3, 0.4) is 0 Å². The average molecular weight is 478 g/mol. The Kier molecular flexibility index (Phi) is 6.74. The summed E-state index contributed by atoms with van der Waals surface area (Å²) >= 11 is 1.39. The second-order valence-corrected chi connectivity index (χ2v) is 9.03. The van der Waals surface area contributed by atoms with Crippen molar-refractivity contribution >= 4 is 33.9 Å². The van der Waals surface area contributed by atoms with Crippen molar-refractivity contribution in [3.63, 3.8) is 0 Å². The number of nitrogens with one attached hydrogen (secondary N) is 1. The van der Waals surface area contributed by atoms with Gasteiger partial charge in [-0.15, -0.1) is 11.3 Å². The number of carbonyl (C=O) groups is 2. The molecule has 174 valence electrons. The van der Waals surface area contributed by atoms with E-state index in [-0.39, 0.29) is 24.7 Å². The van der Waals surface area contributed by atoms with Crippen LogP contribution in [-0.4, -0.2) is 27.9 Å². The van der Waals surface area contributed by atoms with Gasteiger partial charge in [0.15, 0.2) is 11.6 Å². The summed E-state index contributed by atoms with van der Waals surface area (Å²) in [7, 11) is 0. The van der Waals surface area contributed by atoms with E-state index in [0.29, 0.717) is 27.7 Å². The molecule has 0 aliphatic carbocycles. The lowest BCUT2D eigenvalue weighted by Crippen LogP contribution is -2.20. The van der Waals surface area contributed by atoms with E-state index in [9.17, 15) is 14.4 Å². The topological polar surface area (TPSA) is 99.0 Å². The number of aromatic nitrogens is 2. The van der Waals surface area contributed by atoms with Crippen LogP contribution in [0.4, 0.5) is 5.69 Å². The van der Waals surface area contributed by atoms with Gasteiger partial charge in [-0.2, -0.15) is 0 Å². The van der Waals surface area contributed by atoms with Gasteiger partial charge in [-0.3, -0.25) is 14.0 Å². The third kappa shape index (κ3) is 5.49. The zero-order chi connectivity index (χ0) is 24.2. The number of aryl methyl sites for hydroxylation is 3. The maximum Gasteiger partial charge on any atom is 0.338 e. The van der Waals surface area contributed by atoms with Crippen LogP contribution in [0.5, 0.6) is 5.75 Å². The van der Waals surface area contributed by atoms with Gasteiger partial charge >= 0.3 is 5.97 Å². The molecule has 2 aromatic carbocycles. The van der Waals surface area contributed by atoms with Crippen LogP contribution in [0.2, 0.25) is 0 Å². The summed E-state index contributed by atoms with van der Waals surface area (Å²) in [4.78, 5) is 42.6. The highest BCUT2D eigenvalue weighted by Gasteiger charge is 2.11. The molecule has 0 saturated heterocycles. The molecule has 0 aliphatic rings. The zero-order valence-corrected chi connectivity index (χ0v) is 19.8. The van der Waals surface area contributed by atoms with Gasteiger partial charge in [0.1, 0.15) is 12.4 Å². The maximum absolute atomic E-state index is 12.4. The molecule has 9 heteroatoms. The first-order valence-electron chi connectivity index (χ1n) is 10.5. The molecule has 1 N–H and O–H groups in total. The molecule has 0 atom stereocenters. The Bertz CT molecular complexity index is 1420. The lowest BCUT2D eigenvalue weighted by molar-refractivity contribution is -0.118. The van der Waals surface area contributed by atoms with Gasteiger partial charge in [0, 0.05) is 22.8 Å². The highest BCUT2D eigenvalue weighted by atomic mass is 32.1. The lowest BCUT2D eigenvalue weighted by Gasteiger charge is -2.09. The first-order valence-corrected chi connectivity index (χ1v) is 11.4. The number of rotatable bonds is 7. The second-order valence-electron chi connectivity index (χ2n) is 7.82. The zero-order valence-electron chi connectivity index (χ0n) is 19.0. The fourth-order valence-corrected chi connectivity index (χ4v) is 4.04. The van der Waals surface area contributed by atoms with Gasteiger partial charge in [-0.1, -0.05) is 6.07 Å². The minimum atomic E-state index is -0.555. The molecule has 0 bridgehead atoms. The van der Waals surface area contributed by atoms with Crippen LogP contribution >= 0.6 is 11.3 Å². The number of hydrogen-bond acceptors (Lipinski definition) is 7. The molecular formula is C25H23N3O5S. The van der Waals surface area contributed by atoms with Crippen molar-refractivity contribution in [2.75, 3.05) is 11.9 Å².